The van der Waals surface area contributed by atoms with Gasteiger partial charge in [-0.2, -0.15) is 0 Å². The third-order valence-electron chi connectivity index (χ3n) is 3.13. The van der Waals surface area contributed by atoms with Crippen molar-refractivity contribution in [2.45, 2.75) is 25.8 Å². The minimum Gasteiger partial charge on any atom is -0.494 e. The van der Waals surface area contributed by atoms with E-state index in [-0.39, 0.29) is 6.04 Å². The molecule has 0 bridgehead atoms. The van der Waals surface area contributed by atoms with Gasteiger partial charge in [0.1, 0.15) is 5.75 Å². The Balaban J connectivity index is 1.74. The molecule has 0 aliphatic rings. The molecule has 2 heteroatoms. The van der Waals surface area contributed by atoms with Crippen LogP contribution in [0.25, 0.3) is 0 Å². The normalized spacial score (nSPS) is 12.1. The van der Waals surface area contributed by atoms with Gasteiger partial charge < -0.3 is 10.5 Å². The number of benzene rings is 2. The summed E-state index contributed by atoms with van der Waals surface area (Å²) >= 11 is 0. The molecular weight excluding hydrogens is 234 g/mol. The van der Waals surface area contributed by atoms with Gasteiger partial charge >= 0.3 is 0 Å². The van der Waals surface area contributed by atoms with Crippen molar-refractivity contribution in [2.24, 2.45) is 5.73 Å². The lowest BCUT2D eigenvalue weighted by Crippen LogP contribution is -2.05. The standard InChI is InChI=1S/C17H21NO/c1-14(18)16-9-11-17(12-10-16)19-13-5-8-15-6-3-2-4-7-15/h2-4,6-7,9-12,14H,5,8,13,18H2,1H3/t14-/m0/s1. The van der Waals surface area contributed by atoms with Gasteiger partial charge in [0.05, 0.1) is 6.61 Å². The van der Waals surface area contributed by atoms with Crippen LogP contribution in [0.2, 0.25) is 0 Å². The molecule has 2 nitrogen and oxygen atoms in total. The van der Waals surface area contributed by atoms with Gasteiger partial charge in [-0.1, -0.05) is 42.5 Å². The molecule has 2 aromatic carbocycles. The van der Waals surface area contributed by atoms with Crippen LogP contribution in [0.3, 0.4) is 0 Å². The van der Waals surface area contributed by atoms with Crippen molar-refractivity contribution >= 4 is 0 Å². The molecule has 2 aromatic rings. The summed E-state index contributed by atoms with van der Waals surface area (Å²) in [5, 5.41) is 0. The number of nitrogens with two attached hydrogens (primary N) is 1. The Labute approximate surface area is 115 Å². The quantitative estimate of drug-likeness (QED) is 0.798. The largest absolute Gasteiger partial charge is 0.494 e. The lowest BCUT2D eigenvalue weighted by Gasteiger charge is -2.09. The van der Waals surface area contributed by atoms with Crippen LogP contribution in [0, 0.1) is 0 Å². The van der Waals surface area contributed by atoms with Crippen molar-refractivity contribution in [2.75, 3.05) is 6.61 Å². The zero-order valence-corrected chi connectivity index (χ0v) is 11.4. The van der Waals surface area contributed by atoms with E-state index in [1.165, 1.54) is 5.56 Å². The predicted molar refractivity (Wildman–Crippen MR) is 79.3 cm³/mol. The summed E-state index contributed by atoms with van der Waals surface area (Å²) < 4.78 is 5.72. The molecule has 0 amide bonds. The zero-order chi connectivity index (χ0) is 13.5. The second kappa shape index (κ2) is 6.95. The van der Waals surface area contributed by atoms with Gasteiger partial charge in [0.15, 0.2) is 0 Å². The third-order valence-corrected chi connectivity index (χ3v) is 3.13. The highest BCUT2D eigenvalue weighted by Gasteiger charge is 1.99. The van der Waals surface area contributed by atoms with E-state index in [4.69, 9.17) is 10.5 Å². The number of aryl methyl sites for hydroxylation is 1. The molecule has 0 unspecified atom stereocenters. The monoisotopic (exact) mass is 255 g/mol. The average molecular weight is 255 g/mol. The molecule has 0 saturated heterocycles. The van der Waals surface area contributed by atoms with Crippen molar-refractivity contribution in [1.82, 2.24) is 0 Å². The van der Waals surface area contributed by atoms with E-state index in [1.807, 2.05) is 37.3 Å². The molecule has 100 valence electrons. The van der Waals surface area contributed by atoms with Crippen molar-refractivity contribution < 1.29 is 4.74 Å². The Kier molecular flexibility index (Phi) is 4.99. The molecule has 1 atom stereocenters. The highest BCUT2D eigenvalue weighted by atomic mass is 16.5. The number of hydrogen-bond acceptors (Lipinski definition) is 2. The first-order chi connectivity index (χ1) is 9.25. The first kappa shape index (κ1) is 13.6. The van der Waals surface area contributed by atoms with Crippen LogP contribution in [0.15, 0.2) is 54.6 Å². The minimum atomic E-state index is 0.0760. The highest BCUT2D eigenvalue weighted by Crippen LogP contribution is 2.16. The van der Waals surface area contributed by atoms with Gasteiger partial charge in [-0.15, -0.1) is 0 Å². The molecule has 2 N–H and O–H groups in total. The van der Waals surface area contributed by atoms with Gasteiger partial charge in [-0.3, -0.25) is 0 Å². The van der Waals surface area contributed by atoms with Gasteiger partial charge in [-0.25, -0.2) is 0 Å². The Bertz CT molecular complexity index is 476. The maximum absolute atomic E-state index is 5.81. The maximum atomic E-state index is 5.81. The van der Waals surface area contributed by atoms with Crippen LogP contribution < -0.4 is 10.5 Å². The van der Waals surface area contributed by atoms with Gasteiger partial charge in [0, 0.05) is 6.04 Å². The van der Waals surface area contributed by atoms with Crippen LogP contribution in [0.5, 0.6) is 5.75 Å². The second-order valence-corrected chi connectivity index (χ2v) is 4.80. The summed E-state index contributed by atoms with van der Waals surface area (Å²) in [4.78, 5) is 0. The average Bonchev–Trinajstić information content (AvgIpc) is 2.45. The summed E-state index contributed by atoms with van der Waals surface area (Å²) in [6, 6.07) is 18.6. The van der Waals surface area contributed by atoms with Crippen LogP contribution in [0.4, 0.5) is 0 Å². The predicted octanol–water partition coefficient (Wildman–Crippen LogP) is 3.72. The molecule has 0 fully saturated rings. The molecule has 19 heavy (non-hydrogen) atoms. The Morgan fingerprint density at radius 2 is 1.68 bits per heavy atom. The number of ether oxygens (including phenoxy) is 1. The smallest absolute Gasteiger partial charge is 0.119 e. The summed E-state index contributed by atoms with van der Waals surface area (Å²) in [5.74, 6) is 0.914. The van der Waals surface area contributed by atoms with Crippen molar-refractivity contribution in [3.8, 4) is 5.75 Å². The maximum Gasteiger partial charge on any atom is 0.119 e. The van der Waals surface area contributed by atoms with E-state index in [0.29, 0.717) is 0 Å². The summed E-state index contributed by atoms with van der Waals surface area (Å²) in [7, 11) is 0. The Morgan fingerprint density at radius 1 is 1.00 bits per heavy atom. The lowest BCUT2D eigenvalue weighted by molar-refractivity contribution is 0.311. The fourth-order valence-electron chi connectivity index (χ4n) is 1.98. The molecule has 2 rings (SSSR count). The van der Waals surface area contributed by atoms with Gasteiger partial charge in [-0.05, 0) is 43.0 Å². The molecule has 0 heterocycles. The van der Waals surface area contributed by atoms with E-state index >= 15 is 0 Å². The minimum absolute atomic E-state index is 0.0760. The van der Waals surface area contributed by atoms with Crippen molar-refractivity contribution in [3.63, 3.8) is 0 Å². The van der Waals surface area contributed by atoms with Crippen LogP contribution in [-0.2, 0) is 6.42 Å². The summed E-state index contributed by atoms with van der Waals surface area (Å²) in [6.07, 6.45) is 2.08. The van der Waals surface area contributed by atoms with Crippen LogP contribution >= 0.6 is 0 Å². The summed E-state index contributed by atoms with van der Waals surface area (Å²) in [6.45, 7) is 2.72. The van der Waals surface area contributed by atoms with E-state index in [2.05, 4.69) is 24.3 Å². The van der Waals surface area contributed by atoms with E-state index in [9.17, 15) is 0 Å². The second-order valence-electron chi connectivity index (χ2n) is 4.80. The fraction of sp³-hybridized carbons (Fsp3) is 0.294. The van der Waals surface area contributed by atoms with Crippen molar-refractivity contribution in [1.29, 1.82) is 0 Å². The van der Waals surface area contributed by atoms with E-state index in [0.717, 1.165) is 30.8 Å². The SMILES string of the molecule is C[C@H](N)c1ccc(OCCCc2ccccc2)cc1. The number of hydrogen-bond donors (Lipinski definition) is 1. The molecular formula is C17H21NO. The highest BCUT2D eigenvalue weighted by molar-refractivity contribution is 5.28. The van der Waals surface area contributed by atoms with E-state index < -0.39 is 0 Å². The molecule has 0 aliphatic carbocycles. The molecule has 0 aliphatic heterocycles. The van der Waals surface area contributed by atoms with Gasteiger partial charge in [0.2, 0.25) is 0 Å². The van der Waals surface area contributed by atoms with E-state index in [1.54, 1.807) is 0 Å². The Hall–Kier alpha value is -1.80. The first-order valence-electron chi connectivity index (χ1n) is 6.78. The molecule has 0 spiro atoms. The fourth-order valence-corrected chi connectivity index (χ4v) is 1.98. The molecule has 0 aromatic heterocycles. The lowest BCUT2D eigenvalue weighted by atomic mass is 10.1. The van der Waals surface area contributed by atoms with Crippen molar-refractivity contribution in [3.05, 3.63) is 65.7 Å². The third kappa shape index (κ3) is 4.42. The molecule has 0 radical (unpaired) electrons. The number of rotatable bonds is 6. The summed E-state index contributed by atoms with van der Waals surface area (Å²) in [5.41, 5.74) is 8.30. The van der Waals surface area contributed by atoms with Gasteiger partial charge in [0.25, 0.3) is 0 Å². The van der Waals surface area contributed by atoms with Crippen LogP contribution in [0.1, 0.15) is 30.5 Å². The zero-order valence-electron chi connectivity index (χ0n) is 11.4. The Morgan fingerprint density at radius 3 is 2.32 bits per heavy atom. The molecule has 0 saturated carbocycles. The first-order valence-corrected chi connectivity index (χ1v) is 6.78. The van der Waals surface area contributed by atoms with Crippen LogP contribution in [-0.4, -0.2) is 6.61 Å². The topological polar surface area (TPSA) is 35.2 Å².